The quantitative estimate of drug-likeness (QED) is 0.0223. The number of rotatable bonds is 57. The number of amides is 2. The van der Waals surface area contributed by atoms with Crippen LogP contribution < -0.4 is 10.6 Å². The van der Waals surface area contributed by atoms with Crippen molar-refractivity contribution in [3.8, 4) is 0 Å². The molecule has 0 bridgehead atoms. The second kappa shape index (κ2) is 53.8. The third kappa shape index (κ3) is 44.5. The molecule has 5 N–H and O–H groups in total. The largest absolute Gasteiger partial charge is 0.462 e. The Balaban J connectivity index is 5.72. The molecule has 0 heterocycles. The monoisotopic (exact) mass is 1050 g/mol. The summed E-state index contributed by atoms with van der Waals surface area (Å²) < 4.78 is 11.8. The molecular weight excluding hydrogens is 933 g/mol. The summed E-state index contributed by atoms with van der Waals surface area (Å²) in [6, 6.07) is -3.02. The fourth-order valence-corrected chi connectivity index (χ4v) is 9.97. The average molecular weight is 1050 g/mol. The van der Waals surface area contributed by atoms with Crippen molar-refractivity contribution in [2.75, 3.05) is 6.61 Å². The Bertz CT molecular complexity index is 1300. The molecule has 0 saturated heterocycles. The van der Waals surface area contributed by atoms with Crippen LogP contribution in [-0.2, 0) is 33.4 Å². The predicted molar refractivity (Wildman–Crippen MR) is 304 cm³/mol. The van der Waals surface area contributed by atoms with Crippen LogP contribution in [0, 0.1) is 0 Å². The molecule has 0 spiro atoms. The number of unbranched alkanes of at least 4 members (excludes halogenated alkanes) is 36. The van der Waals surface area contributed by atoms with Crippen LogP contribution >= 0.6 is 0 Å². The minimum absolute atomic E-state index is 0.222. The first-order chi connectivity index (χ1) is 36.1. The summed E-state index contributed by atoms with van der Waals surface area (Å²) in [5, 5.41) is 36.8. The molecule has 0 radical (unpaired) electrons. The first-order valence-electron chi connectivity index (χ1n) is 31.5. The molecule has 6 atom stereocenters. The van der Waals surface area contributed by atoms with E-state index in [9.17, 15) is 39.3 Å². The highest BCUT2D eigenvalue weighted by Crippen LogP contribution is 2.20. The van der Waals surface area contributed by atoms with Gasteiger partial charge in [0, 0.05) is 12.8 Å². The van der Waals surface area contributed by atoms with Gasteiger partial charge in [-0.25, -0.2) is 0 Å². The highest BCUT2D eigenvalue weighted by Gasteiger charge is 2.36. The lowest BCUT2D eigenvalue weighted by molar-refractivity contribution is -0.153. The van der Waals surface area contributed by atoms with Crippen molar-refractivity contribution in [1.82, 2.24) is 10.6 Å². The Kier molecular flexibility index (Phi) is 51.9. The van der Waals surface area contributed by atoms with Gasteiger partial charge in [0.25, 0.3) is 0 Å². The lowest BCUT2D eigenvalue weighted by Gasteiger charge is -2.32. The minimum atomic E-state index is -1.83. The van der Waals surface area contributed by atoms with Crippen LogP contribution in [0.5, 0.6) is 0 Å². The fourth-order valence-electron chi connectivity index (χ4n) is 9.97. The Morgan fingerprint density at radius 2 is 0.676 bits per heavy atom. The molecule has 0 saturated carbocycles. The van der Waals surface area contributed by atoms with Gasteiger partial charge in [0.1, 0.15) is 36.7 Å². The molecule has 0 aliphatic carbocycles. The molecule has 0 unspecified atom stereocenters. The van der Waals surface area contributed by atoms with Crippen molar-refractivity contribution in [3.05, 3.63) is 0 Å². The number of ether oxygens (including phenoxy) is 2. The number of aliphatic hydroxyl groups is 3. The smallest absolute Gasteiger partial charge is 0.306 e. The number of hydrogen-bond donors (Lipinski definition) is 5. The first-order valence-corrected chi connectivity index (χ1v) is 31.5. The summed E-state index contributed by atoms with van der Waals surface area (Å²) in [5.41, 5.74) is 0. The van der Waals surface area contributed by atoms with Gasteiger partial charge < -0.3 is 40.2 Å². The summed E-state index contributed by atoms with van der Waals surface area (Å²) >= 11 is 0. The van der Waals surface area contributed by atoms with E-state index in [4.69, 9.17) is 9.47 Å². The lowest BCUT2D eigenvalue weighted by atomic mass is 9.97. The van der Waals surface area contributed by atoms with Gasteiger partial charge in [-0.1, -0.05) is 259 Å². The predicted octanol–water partition coefficient (Wildman–Crippen LogP) is 14.7. The summed E-state index contributed by atoms with van der Waals surface area (Å²) in [4.78, 5) is 66.6. The molecule has 0 aromatic heterocycles. The molecule has 0 rings (SSSR count). The molecule has 0 fully saturated rings. The zero-order chi connectivity index (χ0) is 54.5. The molecule has 0 aromatic rings. The third-order valence-electron chi connectivity index (χ3n) is 14.8. The van der Waals surface area contributed by atoms with Crippen molar-refractivity contribution in [3.63, 3.8) is 0 Å². The zero-order valence-corrected chi connectivity index (χ0v) is 48.5. The molecule has 0 aromatic carbocycles. The van der Waals surface area contributed by atoms with Crippen LogP contribution in [0.1, 0.15) is 323 Å². The lowest BCUT2D eigenvalue weighted by Crippen LogP contribution is -2.61. The SMILES string of the molecule is CCCCCCCCCCCCCC(=O)O[C@H](CCCCCCCCCCC)CC(=O)N[C@@H]([C@H](O)[C@H](O)CO)[C@H](C=O)NC(=O)C[C@@H](CCCCCCCCCCC)OC(=O)CCCCCCCCCCCCC. The molecule has 12 heteroatoms. The Labute approximate surface area is 454 Å². The topological polar surface area (TPSA) is 189 Å². The van der Waals surface area contributed by atoms with Gasteiger partial charge in [0.2, 0.25) is 11.8 Å². The maximum Gasteiger partial charge on any atom is 0.306 e. The zero-order valence-electron chi connectivity index (χ0n) is 48.5. The number of aliphatic hydroxyl groups excluding tert-OH is 3. The van der Waals surface area contributed by atoms with E-state index in [-0.39, 0.29) is 37.6 Å². The van der Waals surface area contributed by atoms with Crippen molar-refractivity contribution >= 4 is 30.0 Å². The van der Waals surface area contributed by atoms with Gasteiger partial charge >= 0.3 is 11.9 Å². The molecule has 436 valence electrons. The van der Waals surface area contributed by atoms with Crippen molar-refractivity contribution in [1.29, 1.82) is 0 Å². The van der Waals surface area contributed by atoms with Gasteiger partial charge in [-0.2, -0.15) is 0 Å². The van der Waals surface area contributed by atoms with Gasteiger partial charge in [-0.3, -0.25) is 19.2 Å². The van der Waals surface area contributed by atoms with E-state index in [1.165, 1.54) is 154 Å². The third-order valence-corrected chi connectivity index (χ3v) is 14.8. The maximum atomic E-state index is 13.8. The molecular formula is C62H118N2O10. The van der Waals surface area contributed by atoms with Crippen LogP contribution in [0.2, 0.25) is 0 Å². The highest BCUT2D eigenvalue weighted by molar-refractivity contribution is 5.82. The van der Waals surface area contributed by atoms with E-state index >= 15 is 0 Å². The molecule has 0 aliphatic heterocycles. The van der Waals surface area contributed by atoms with Gasteiger partial charge in [-0.05, 0) is 38.5 Å². The van der Waals surface area contributed by atoms with E-state index in [0.717, 1.165) is 89.9 Å². The van der Waals surface area contributed by atoms with Crippen LogP contribution in [0.15, 0.2) is 0 Å². The van der Waals surface area contributed by atoms with E-state index in [2.05, 4.69) is 38.3 Å². The van der Waals surface area contributed by atoms with Gasteiger partial charge in [0.05, 0.1) is 25.5 Å². The number of aldehydes is 1. The summed E-state index contributed by atoms with van der Waals surface area (Å²) in [7, 11) is 0. The summed E-state index contributed by atoms with van der Waals surface area (Å²) in [6.45, 7) is 8.02. The molecule has 74 heavy (non-hydrogen) atoms. The van der Waals surface area contributed by atoms with Crippen molar-refractivity contribution in [2.45, 2.75) is 360 Å². The number of carbonyl (C=O) groups is 5. The Morgan fingerprint density at radius 1 is 0.405 bits per heavy atom. The van der Waals surface area contributed by atoms with Crippen molar-refractivity contribution in [2.24, 2.45) is 0 Å². The van der Waals surface area contributed by atoms with Crippen LogP contribution in [0.25, 0.3) is 0 Å². The standard InChI is InChI=1S/C62H118N2O10/c1-5-9-13-17-21-25-27-31-35-39-43-47-59(70)73-53(45-41-37-33-29-23-19-15-11-7-3)49-57(68)63-55(51-65)61(62(72)56(67)52-66)64-58(69)50-54(46-42-38-34-30-24-20-16-12-8-4)74-60(71)48-44-40-36-32-28-26-22-18-14-10-6-2/h51,53-56,61-62,66-67,72H,5-50,52H2,1-4H3,(H,63,68)(H,64,69)/t53-,54-,55+,56-,61-,62-/m1/s1. The first kappa shape index (κ1) is 71.4. The molecule has 12 nitrogen and oxygen atoms in total. The Morgan fingerprint density at radius 3 is 0.959 bits per heavy atom. The fraction of sp³-hybridized carbons (Fsp3) is 0.919. The highest BCUT2D eigenvalue weighted by atomic mass is 16.5. The Hall–Kier alpha value is -2.57. The van der Waals surface area contributed by atoms with Gasteiger partial charge in [-0.15, -0.1) is 0 Å². The minimum Gasteiger partial charge on any atom is -0.462 e. The van der Waals surface area contributed by atoms with Crippen LogP contribution in [0.3, 0.4) is 0 Å². The number of esters is 2. The van der Waals surface area contributed by atoms with Gasteiger partial charge in [0.15, 0.2) is 0 Å². The van der Waals surface area contributed by atoms with Crippen LogP contribution in [0.4, 0.5) is 0 Å². The van der Waals surface area contributed by atoms with E-state index in [1.807, 2.05) is 0 Å². The van der Waals surface area contributed by atoms with E-state index in [0.29, 0.717) is 32.0 Å². The average Bonchev–Trinajstić information content (AvgIpc) is 3.38. The molecule has 2 amide bonds. The second-order valence-electron chi connectivity index (χ2n) is 22.0. The number of nitrogens with one attached hydrogen (secondary N) is 2. The number of carbonyl (C=O) groups excluding carboxylic acids is 5. The second-order valence-corrected chi connectivity index (χ2v) is 22.0. The van der Waals surface area contributed by atoms with E-state index < -0.39 is 54.9 Å². The maximum absolute atomic E-state index is 13.8. The normalized spacial score (nSPS) is 13.9. The summed E-state index contributed by atoms with van der Waals surface area (Å²) in [5.74, 6) is -1.97. The van der Waals surface area contributed by atoms with E-state index in [1.54, 1.807) is 0 Å². The van der Waals surface area contributed by atoms with Crippen molar-refractivity contribution < 1.29 is 48.8 Å². The van der Waals surface area contributed by atoms with Crippen LogP contribution in [-0.4, -0.2) is 88.5 Å². The summed E-state index contributed by atoms with van der Waals surface area (Å²) in [6.07, 6.45) is 41.9. The number of hydrogen-bond acceptors (Lipinski definition) is 10. The molecule has 0 aliphatic rings.